The summed E-state index contributed by atoms with van der Waals surface area (Å²) in [6.07, 6.45) is 0.661. The normalized spacial score (nSPS) is 10.5. The van der Waals surface area contributed by atoms with Crippen molar-refractivity contribution in [2.24, 2.45) is 0 Å². The number of ketones is 1. The van der Waals surface area contributed by atoms with Crippen LogP contribution >= 0.6 is 15.9 Å². The van der Waals surface area contributed by atoms with Gasteiger partial charge in [-0.15, -0.1) is 0 Å². The van der Waals surface area contributed by atoms with Gasteiger partial charge in [0, 0.05) is 12.0 Å². The van der Waals surface area contributed by atoms with E-state index in [0.29, 0.717) is 23.4 Å². The molecule has 1 aromatic carbocycles. The lowest BCUT2D eigenvalue weighted by molar-refractivity contribution is 0.102. The molecule has 17 heavy (non-hydrogen) atoms. The number of benzene rings is 1. The molecule has 0 aliphatic heterocycles. The predicted molar refractivity (Wildman–Crippen MR) is 69.4 cm³/mol. The molecule has 0 N–H and O–H groups in total. The maximum atomic E-state index is 11.9. The second-order valence-electron chi connectivity index (χ2n) is 3.61. The van der Waals surface area contributed by atoms with Gasteiger partial charge in [-0.2, -0.15) is 0 Å². The lowest BCUT2D eigenvalue weighted by Gasteiger charge is -2.00. The summed E-state index contributed by atoms with van der Waals surface area (Å²) in [6, 6.07) is 9.59. The van der Waals surface area contributed by atoms with Crippen LogP contribution in [0.1, 0.15) is 23.0 Å². The lowest BCUT2D eigenvalue weighted by Crippen LogP contribution is -2.03. The number of halogens is 1. The summed E-state index contributed by atoms with van der Waals surface area (Å²) >= 11 is 3.19. The lowest BCUT2D eigenvalue weighted by atomic mass is 10.0. The summed E-state index contributed by atoms with van der Waals surface area (Å²) in [5.41, 5.74) is 2.13. The van der Waals surface area contributed by atoms with E-state index in [9.17, 15) is 4.79 Å². The molecule has 0 fully saturated rings. The summed E-state index contributed by atoms with van der Waals surface area (Å²) < 4.78 is 5.23. The molecule has 1 aromatic heterocycles. The average Bonchev–Trinajstić information content (AvgIpc) is 2.82. The van der Waals surface area contributed by atoms with Gasteiger partial charge in [0.2, 0.25) is 0 Å². The van der Waals surface area contributed by atoms with Crippen molar-refractivity contribution in [3.05, 3.63) is 41.7 Å². The molecule has 0 spiro atoms. The fourth-order valence-corrected chi connectivity index (χ4v) is 1.99. The minimum atomic E-state index is 0.00181. The van der Waals surface area contributed by atoms with Crippen LogP contribution in [0, 0.1) is 0 Å². The first-order valence-corrected chi connectivity index (χ1v) is 6.53. The molecule has 88 valence electrons. The molecule has 0 bridgehead atoms. The zero-order valence-corrected chi connectivity index (χ0v) is 11.0. The van der Waals surface area contributed by atoms with Gasteiger partial charge < -0.3 is 4.52 Å². The number of hydrogen-bond donors (Lipinski definition) is 0. The smallest absolute Gasteiger partial charge is 0.179 e. The van der Waals surface area contributed by atoms with Gasteiger partial charge >= 0.3 is 0 Å². The van der Waals surface area contributed by atoms with Crippen LogP contribution in [-0.4, -0.2) is 16.3 Å². The van der Waals surface area contributed by atoms with Crippen LogP contribution < -0.4 is 0 Å². The molecule has 2 rings (SSSR count). The van der Waals surface area contributed by atoms with Crippen molar-refractivity contribution >= 4 is 21.7 Å². The van der Waals surface area contributed by atoms with Crippen molar-refractivity contribution in [3.63, 3.8) is 0 Å². The minimum Gasteiger partial charge on any atom is -0.360 e. The second-order valence-corrected chi connectivity index (χ2v) is 4.17. The highest BCUT2D eigenvalue weighted by Gasteiger charge is 2.21. The Morgan fingerprint density at radius 3 is 2.65 bits per heavy atom. The van der Waals surface area contributed by atoms with Crippen molar-refractivity contribution < 1.29 is 9.32 Å². The van der Waals surface area contributed by atoms with Gasteiger partial charge in [-0.05, 0) is 0 Å². The Bertz CT molecular complexity index is 519. The van der Waals surface area contributed by atoms with Crippen LogP contribution in [0.2, 0.25) is 0 Å². The van der Waals surface area contributed by atoms with Crippen LogP contribution in [0.15, 0.2) is 34.9 Å². The number of Topliss-reactive ketones (excluding diaryl/α,β-unsaturated/α-hetero) is 1. The highest BCUT2D eigenvalue weighted by molar-refractivity contribution is 9.09. The van der Waals surface area contributed by atoms with E-state index in [2.05, 4.69) is 21.1 Å². The predicted octanol–water partition coefficient (Wildman–Crippen LogP) is 3.48. The van der Waals surface area contributed by atoms with Crippen LogP contribution in [0.4, 0.5) is 0 Å². The Morgan fingerprint density at radius 1 is 1.35 bits per heavy atom. The highest BCUT2D eigenvalue weighted by Crippen LogP contribution is 2.26. The van der Waals surface area contributed by atoms with Crippen LogP contribution in [0.3, 0.4) is 0 Å². The first-order valence-electron chi connectivity index (χ1n) is 5.41. The number of aryl methyl sites for hydroxylation is 1. The molecule has 3 nitrogen and oxygen atoms in total. The molecule has 2 aromatic rings. The topological polar surface area (TPSA) is 43.1 Å². The van der Waals surface area contributed by atoms with Gasteiger partial charge in [-0.25, -0.2) is 0 Å². The summed E-state index contributed by atoms with van der Waals surface area (Å²) in [6.45, 7) is 1.94. The van der Waals surface area contributed by atoms with E-state index in [0.717, 1.165) is 5.56 Å². The summed E-state index contributed by atoms with van der Waals surface area (Å²) in [5.74, 6) is 0.648. The van der Waals surface area contributed by atoms with E-state index in [-0.39, 0.29) is 11.1 Å². The van der Waals surface area contributed by atoms with E-state index in [1.165, 1.54) is 0 Å². The van der Waals surface area contributed by atoms with Gasteiger partial charge in [0.15, 0.2) is 5.78 Å². The van der Waals surface area contributed by atoms with Gasteiger partial charge in [-0.1, -0.05) is 58.3 Å². The van der Waals surface area contributed by atoms with Gasteiger partial charge in [0.25, 0.3) is 0 Å². The first-order chi connectivity index (χ1) is 8.27. The SMILES string of the molecule is CCc1onc(-c2ccccc2)c1C(=O)CBr. The number of hydrogen-bond acceptors (Lipinski definition) is 3. The first kappa shape index (κ1) is 12.0. The maximum Gasteiger partial charge on any atom is 0.179 e. The third kappa shape index (κ3) is 2.31. The van der Waals surface area contributed by atoms with E-state index in [1.807, 2.05) is 37.3 Å². The summed E-state index contributed by atoms with van der Waals surface area (Å²) in [7, 11) is 0. The van der Waals surface area contributed by atoms with Crippen molar-refractivity contribution in [3.8, 4) is 11.3 Å². The highest BCUT2D eigenvalue weighted by atomic mass is 79.9. The standard InChI is InChI=1S/C13H12BrNO2/c1-2-11-12(10(16)8-14)13(15-17-11)9-6-4-3-5-7-9/h3-7H,2,8H2,1H3. The third-order valence-corrected chi connectivity index (χ3v) is 3.04. The molecule has 1 heterocycles. The number of nitrogens with zero attached hydrogens (tertiary/aromatic N) is 1. The van der Waals surface area contributed by atoms with E-state index in [4.69, 9.17) is 4.52 Å². The second kappa shape index (κ2) is 5.27. The number of carbonyl (C=O) groups is 1. The zero-order chi connectivity index (χ0) is 12.3. The fraction of sp³-hybridized carbons (Fsp3) is 0.231. The summed E-state index contributed by atoms with van der Waals surface area (Å²) in [5, 5.41) is 4.29. The molecule has 0 saturated carbocycles. The molecular weight excluding hydrogens is 282 g/mol. The monoisotopic (exact) mass is 293 g/mol. The number of alkyl halides is 1. The Hall–Kier alpha value is -1.42. The molecular formula is C13H12BrNO2. The van der Waals surface area contributed by atoms with Crippen LogP contribution in [-0.2, 0) is 6.42 Å². The number of aromatic nitrogens is 1. The Kier molecular flexibility index (Phi) is 3.74. The quantitative estimate of drug-likeness (QED) is 0.640. The fourth-order valence-electron chi connectivity index (χ4n) is 1.71. The van der Waals surface area contributed by atoms with Crippen LogP contribution in [0.5, 0.6) is 0 Å². The number of rotatable bonds is 4. The molecule has 0 radical (unpaired) electrons. The van der Waals surface area contributed by atoms with E-state index >= 15 is 0 Å². The molecule has 0 amide bonds. The van der Waals surface area contributed by atoms with Crippen molar-refractivity contribution in [1.29, 1.82) is 0 Å². The number of carbonyl (C=O) groups excluding carboxylic acids is 1. The third-order valence-electron chi connectivity index (χ3n) is 2.53. The van der Waals surface area contributed by atoms with Gasteiger partial charge in [0.05, 0.1) is 10.9 Å². The van der Waals surface area contributed by atoms with Gasteiger partial charge in [0.1, 0.15) is 11.5 Å². The largest absolute Gasteiger partial charge is 0.360 e. The molecule has 0 saturated heterocycles. The van der Waals surface area contributed by atoms with Crippen molar-refractivity contribution in [2.75, 3.05) is 5.33 Å². The molecule has 0 atom stereocenters. The average molecular weight is 294 g/mol. The Labute approximate surface area is 108 Å². The van der Waals surface area contributed by atoms with E-state index in [1.54, 1.807) is 0 Å². The Balaban J connectivity index is 2.55. The zero-order valence-electron chi connectivity index (χ0n) is 9.44. The summed E-state index contributed by atoms with van der Waals surface area (Å²) in [4.78, 5) is 11.9. The van der Waals surface area contributed by atoms with E-state index < -0.39 is 0 Å². The van der Waals surface area contributed by atoms with Gasteiger partial charge in [-0.3, -0.25) is 4.79 Å². The molecule has 4 heteroatoms. The van der Waals surface area contributed by atoms with Crippen molar-refractivity contribution in [1.82, 2.24) is 5.16 Å². The van der Waals surface area contributed by atoms with Crippen molar-refractivity contribution in [2.45, 2.75) is 13.3 Å². The minimum absolute atomic E-state index is 0.00181. The molecule has 0 unspecified atom stereocenters. The molecule has 0 aliphatic rings. The van der Waals surface area contributed by atoms with Crippen LogP contribution in [0.25, 0.3) is 11.3 Å². The Morgan fingerprint density at radius 2 is 2.06 bits per heavy atom. The maximum absolute atomic E-state index is 11.9. The molecule has 0 aliphatic carbocycles.